The fraction of sp³-hybridized carbons (Fsp3) is 0.417. The summed E-state index contributed by atoms with van der Waals surface area (Å²) in [5.41, 5.74) is 1.06. The van der Waals surface area contributed by atoms with Crippen LogP contribution in [0.15, 0.2) is 28.7 Å². The van der Waals surface area contributed by atoms with Crippen molar-refractivity contribution in [1.29, 1.82) is 0 Å². The maximum absolute atomic E-state index is 11.7. The summed E-state index contributed by atoms with van der Waals surface area (Å²) in [5, 5.41) is 0. The first-order chi connectivity index (χ1) is 7.75. The van der Waals surface area contributed by atoms with Crippen LogP contribution in [-0.4, -0.2) is 23.5 Å². The number of rotatable bonds is 1. The van der Waals surface area contributed by atoms with Gasteiger partial charge in [-0.05, 0) is 18.6 Å². The highest BCUT2D eigenvalue weighted by molar-refractivity contribution is 9.10. The summed E-state index contributed by atoms with van der Waals surface area (Å²) in [6.07, 6.45) is 1.43. The zero-order valence-corrected chi connectivity index (χ0v) is 10.3. The van der Waals surface area contributed by atoms with Crippen molar-refractivity contribution >= 4 is 21.8 Å². The number of hydrogen-bond donors (Lipinski definition) is 0. The molecule has 0 bridgehead atoms. The molecule has 2 saturated heterocycles. The van der Waals surface area contributed by atoms with Gasteiger partial charge in [-0.1, -0.05) is 28.1 Å². The van der Waals surface area contributed by atoms with Crippen LogP contribution in [0.2, 0.25) is 0 Å². The van der Waals surface area contributed by atoms with Crippen molar-refractivity contribution < 1.29 is 9.53 Å². The Hall–Kier alpha value is -0.870. The molecule has 2 fully saturated rings. The van der Waals surface area contributed by atoms with E-state index in [-0.39, 0.29) is 12.1 Å². The highest BCUT2D eigenvalue weighted by Crippen LogP contribution is 2.37. The molecule has 2 aliphatic heterocycles. The average molecular weight is 282 g/mol. The summed E-state index contributed by atoms with van der Waals surface area (Å²) < 4.78 is 6.75. The molecule has 16 heavy (non-hydrogen) atoms. The number of benzene rings is 1. The van der Waals surface area contributed by atoms with Crippen molar-refractivity contribution in [3.8, 4) is 0 Å². The second-order valence-corrected chi connectivity index (χ2v) is 5.15. The van der Waals surface area contributed by atoms with Crippen LogP contribution < -0.4 is 0 Å². The minimum Gasteiger partial charge on any atom is -0.352 e. The van der Waals surface area contributed by atoms with Gasteiger partial charge in [0, 0.05) is 16.5 Å². The maximum Gasteiger partial charge on any atom is 0.225 e. The predicted octanol–water partition coefficient (Wildman–Crippen LogP) is 2.47. The lowest BCUT2D eigenvalue weighted by Gasteiger charge is -2.22. The SMILES string of the molecule is O=C1CCC2CO[C@H](c3ccc(Br)cc3)N12. The summed E-state index contributed by atoms with van der Waals surface area (Å²) in [4.78, 5) is 13.6. The Kier molecular flexibility index (Phi) is 2.48. The Balaban J connectivity index is 1.90. The minimum absolute atomic E-state index is 0.173. The predicted molar refractivity (Wildman–Crippen MR) is 62.7 cm³/mol. The van der Waals surface area contributed by atoms with Gasteiger partial charge in [-0.2, -0.15) is 0 Å². The molecule has 0 aromatic heterocycles. The molecule has 3 rings (SSSR count). The van der Waals surface area contributed by atoms with E-state index in [1.807, 2.05) is 29.2 Å². The van der Waals surface area contributed by atoms with Crippen molar-refractivity contribution in [2.75, 3.05) is 6.61 Å². The Bertz CT molecular complexity index is 418. The summed E-state index contributed by atoms with van der Waals surface area (Å²) in [5.74, 6) is 0.218. The minimum atomic E-state index is -0.173. The lowest BCUT2D eigenvalue weighted by molar-refractivity contribution is -0.134. The van der Waals surface area contributed by atoms with E-state index in [1.54, 1.807) is 0 Å². The van der Waals surface area contributed by atoms with Gasteiger partial charge >= 0.3 is 0 Å². The second kappa shape index (κ2) is 3.86. The van der Waals surface area contributed by atoms with Crippen molar-refractivity contribution in [3.05, 3.63) is 34.3 Å². The number of amides is 1. The lowest BCUT2D eigenvalue weighted by atomic mass is 10.2. The molecule has 0 saturated carbocycles. The normalized spacial score (nSPS) is 28.6. The number of halogens is 1. The molecule has 1 unspecified atom stereocenters. The molecule has 0 radical (unpaired) electrons. The highest BCUT2D eigenvalue weighted by atomic mass is 79.9. The van der Waals surface area contributed by atoms with E-state index in [9.17, 15) is 4.79 Å². The molecule has 2 atom stereocenters. The van der Waals surface area contributed by atoms with Crippen LogP contribution in [0.25, 0.3) is 0 Å². The van der Waals surface area contributed by atoms with Crippen LogP contribution in [0, 0.1) is 0 Å². The zero-order chi connectivity index (χ0) is 11.1. The molecule has 0 aliphatic carbocycles. The monoisotopic (exact) mass is 281 g/mol. The molecular formula is C12H12BrNO2. The molecule has 0 N–H and O–H groups in total. The second-order valence-electron chi connectivity index (χ2n) is 4.23. The third kappa shape index (κ3) is 1.57. The molecule has 3 nitrogen and oxygen atoms in total. The molecule has 1 amide bonds. The van der Waals surface area contributed by atoms with E-state index in [4.69, 9.17) is 4.74 Å². The smallest absolute Gasteiger partial charge is 0.225 e. The van der Waals surface area contributed by atoms with Gasteiger partial charge in [-0.3, -0.25) is 4.79 Å². The third-order valence-electron chi connectivity index (χ3n) is 3.23. The van der Waals surface area contributed by atoms with E-state index >= 15 is 0 Å². The highest BCUT2D eigenvalue weighted by Gasteiger charge is 2.42. The Morgan fingerprint density at radius 3 is 2.81 bits per heavy atom. The number of fused-ring (bicyclic) bond motifs is 1. The first-order valence-corrected chi connectivity index (χ1v) is 6.23. The van der Waals surface area contributed by atoms with E-state index in [0.717, 1.165) is 16.5 Å². The number of carbonyl (C=O) groups is 1. The molecule has 1 aromatic rings. The third-order valence-corrected chi connectivity index (χ3v) is 3.76. The summed E-state index contributed by atoms with van der Waals surface area (Å²) >= 11 is 3.40. The van der Waals surface area contributed by atoms with Crippen LogP contribution in [0.1, 0.15) is 24.6 Å². The molecule has 84 valence electrons. The Morgan fingerprint density at radius 2 is 2.06 bits per heavy atom. The quantitative estimate of drug-likeness (QED) is 0.792. The van der Waals surface area contributed by atoms with Gasteiger partial charge in [-0.25, -0.2) is 0 Å². The van der Waals surface area contributed by atoms with Gasteiger partial charge in [0.2, 0.25) is 5.91 Å². The van der Waals surface area contributed by atoms with Gasteiger partial charge in [0.25, 0.3) is 0 Å². The van der Waals surface area contributed by atoms with E-state index in [0.29, 0.717) is 19.1 Å². The molecule has 2 heterocycles. The zero-order valence-electron chi connectivity index (χ0n) is 8.73. The summed E-state index contributed by atoms with van der Waals surface area (Å²) in [6.45, 7) is 0.673. The van der Waals surface area contributed by atoms with Crippen LogP contribution in [0.3, 0.4) is 0 Å². The van der Waals surface area contributed by atoms with Crippen molar-refractivity contribution in [3.63, 3.8) is 0 Å². The Morgan fingerprint density at radius 1 is 1.31 bits per heavy atom. The molecular weight excluding hydrogens is 270 g/mol. The van der Waals surface area contributed by atoms with Gasteiger partial charge in [0.05, 0.1) is 12.6 Å². The average Bonchev–Trinajstić information content (AvgIpc) is 2.84. The van der Waals surface area contributed by atoms with E-state index in [2.05, 4.69) is 15.9 Å². The Labute approximate surface area is 103 Å². The van der Waals surface area contributed by atoms with Crippen LogP contribution in [0.4, 0.5) is 0 Å². The van der Waals surface area contributed by atoms with Gasteiger partial charge < -0.3 is 9.64 Å². The lowest BCUT2D eigenvalue weighted by Crippen LogP contribution is -2.30. The fourth-order valence-corrected chi connectivity index (χ4v) is 2.68. The maximum atomic E-state index is 11.7. The fourth-order valence-electron chi connectivity index (χ4n) is 2.41. The number of carbonyl (C=O) groups excluding carboxylic acids is 1. The van der Waals surface area contributed by atoms with Crippen LogP contribution >= 0.6 is 15.9 Å². The number of ether oxygens (including phenoxy) is 1. The first-order valence-electron chi connectivity index (χ1n) is 5.44. The van der Waals surface area contributed by atoms with Crippen LogP contribution in [0.5, 0.6) is 0 Å². The van der Waals surface area contributed by atoms with Gasteiger partial charge in [0.15, 0.2) is 6.23 Å². The summed E-state index contributed by atoms with van der Waals surface area (Å²) in [7, 11) is 0. The number of nitrogens with zero attached hydrogens (tertiary/aromatic N) is 1. The van der Waals surface area contributed by atoms with Gasteiger partial charge in [-0.15, -0.1) is 0 Å². The summed E-state index contributed by atoms with van der Waals surface area (Å²) in [6, 6.07) is 8.26. The molecule has 1 aromatic carbocycles. The van der Waals surface area contributed by atoms with Crippen molar-refractivity contribution in [2.24, 2.45) is 0 Å². The van der Waals surface area contributed by atoms with Crippen molar-refractivity contribution in [2.45, 2.75) is 25.1 Å². The first kappa shape index (κ1) is 10.3. The molecule has 4 heteroatoms. The van der Waals surface area contributed by atoms with E-state index < -0.39 is 0 Å². The van der Waals surface area contributed by atoms with Gasteiger partial charge in [0.1, 0.15) is 0 Å². The van der Waals surface area contributed by atoms with Crippen LogP contribution in [-0.2, 0) is 9.53 Å². The number of hydrogen-bond acceptors (Lipinski definition) is 2. The molecule has 2 aliphatic rings. The standard InChI is InChI=1S/C12H12BrNO2/c13-9-3-1-8(2-4-9)12-14-10(7-16-12)5-6-11(14)15/h1-4,10,12H,5-7H2/t10?,12-/m1/s1. The largest absolute Gasteiger partial charge is 0.352 e. The van der Waals surface area contributed by atoms with Crippen molar-refractivity contribution in [1.82, 2.24) is 4.90 Å². The van der Waals surface area contributed by atoms with E-state index in [1.165, 1.54) is 0 Å². The molecule has 0 spiro atoms. The topological polar surface area (TPSA) is 29.5 Å².